The van der Waals surface area contributed by atoms with Crippen molar-refractivity contribution in [2.75, 3.05) is 0 Å². The quantitative estimate of drug-likeness (QED) is 0.789. The Bertz CT molecular complexity index is 658. The molecule has 0 aliphatic rings. The zero-order chi connectivity index (χ0) is 14.2. The maximum atomic E-state index is 11.9. The lowest BCUT2D eigenvalue weighted by atomic mass is 10.1. The second-order valence-corrected chi connectivity index (χ2v) is 4.69. The fourth-order valence-corrected chi connectivity index (χ4v) is 1.92. The van der Waals surface area contributed by atoms with Gasteiger partial charge in [0.1, 0.15) is 11.7 Å². The average Bonchev–Trinajstić information content (AvgIpc) is 2.78. The number of benzene rings is 1. The maximum absolute atomic E-state index is 11.9. The zero-order valence-electron chi connectivity index (χ0n) is 11.1. The van der Waals surface area contributed by atoms with Gasteiger partial charge in [-0.1, -0.05) is 6.07 Å². The Morgan fingerprint density at radius 3 is 2.63 bits per heavy atom. The smallest absolute Gasteiger partial charge is 0.325 e. The summed E-state index contributed by atoms with van der Waals surface area (Å²) in [5.41, 5.74) is 3.50. The summed E-state index contributed by atoms with van der Waals surface area (Å²) in [4.78, 5) is 25.6. The lowest BCUT2D eigenvalue weighted by Gasteiger charge is -2.07. The number of H-pyrrole nitrogens is 1. The largest absolute Gasteiger partial charge is 0.480 e. The van der Waals surface area contributed by atoms with Crippen LogP contribution in [0.3, 0.4) is 0 Å². The highest BCUT2D eigenvalue weighted by atomic mass is 16.4. The van der Waals surface area contributed by atoms with Crippen LogP contribution in [0.1, 0.15) is 28.5 Å². The summed E-state index contributed by atoms with van der Waals surface area (Å²) in [5.74, 6) is -1.47. The average molecular weight is 260 g/mol. The number of aliphatic carboxylic acids is 1. The summed E-state index contributed by atoms with van der Waals surface area (Å²) in [6.45, 7) is 5.43. The van der Waals surface area contributed by atoms with E-state index in [1.807, 2.05) is 26.0 Å². The van der Waals surface area contributed by atoms with Crippen molar-refractivity contribution >= 4 is 22.8 Å². The summed E-state index contributed by atoms with van der Waals surface area (Å²) in [6, 6.07) is 4.73. The molecule has 100 valence electrons. The number of rotatable bonds is 3. The summed E-state index contributed by atoms with van der Waals surface area (Å²) >= 11 is 0. The molecule has 1 amide bonds. The summed E-state index contributed by atoms with van der Waals surface area (Å²) < 4.78 is 0. The topological polar surface area (TPSA) is 82.2 Å². The SMILES string of the molecule is Cc1ccc2[nH]c(C(=O)NC(C)C(=O)O)cc2c1C. The first kappa shape index (κ1) is 13.1. The number of aromatic nitrogens is 1. The number of fused-ring (bicyclic) bond motifs is 1. The summed E-state index contributed by atoms with van der Waals surface area (Å²) in [6.07, 6.45) is 0. The third-order valence-corrected chi connectivity index (χ3v) is 3.31. The van der Waals surface area contributed by atoms with Gasteiger partial charge in [0.2, 0.25) is 0 Å². The standard InChI is InChI=1S/C14H16N2O3/c1-7-4-5-11-10(8(7)2)6-12(16-11)13(17)15-9(3)14(18)19/h4-6,9,16H,1-3H3,(H,15,17)(H,18,19). The molecule has 0 saturated carbocycles. The predicted molar refractivity (Wildman–Crippen MR) is 72.3 cm³/mol. The van der Waals surface area contributed by atoms with Crippen LogP contribution < -0.4 is 5.32 Å². The monoisotopic (exact) mass is 260 g/mol. The van der Waals surface area contributed by atoms with Gasteiger partial charge in [-0.05, 0) is 44.0 Å². The van der Waals surface area contributed by atoms with E-state index >= 15 is 0 Å². The highest BCUT2D eigenvalue weighted by Crippen LogP contribution is 2.22. The minimum Gasteiger partial charge on any atom is -0.480 e. The molecule has 1 heterocycles. The van der Waals surface area contributed by atoms with Crippen LogP contribution in [0.25, 0.3) is 10.9 Å². The van der Waals surface area contributed by atoms with Gasteiger partial charge in [0, 0.05) is 10.9 Å². The number of nitrogens with one attached hydrogen (secondary N) is 2. The van der Waals surface area contributed by atoms with Gasteiger partial charge < -0.3 is 15.4 Å². The van der Waals surface area contributed by atoms with E-state index in [0.717, 1.165) is 22.0 Å². The first-order chi connectivity index (χ1) is 8.90. The van der Waals surface area contributed by atoms with Crippen LogP contribution in [0, 0.1) is 13.8 Å². The van der Waals surface area contributed by atoms with Crippen LogP contribution in [-0.4, -0.2) is 28.0 Å². The fraction of sp³-hybridized carbons (Fsp3) is 0.286. The maximum Gasteiger partial charge on any atom is 0.325 e. The first-order valence-corrected chi connectivity index (χ1v) is 6.02. The molecular weight excluding hydrogens is 244 g/mol. The lowest BCUT2D eigenvalue weighted by Crippen LogP contribution is -2.38. The van der Waals surface area contributed by atoms with Crippen molar-refractivity contribution in [2.24, 2.45) is 0 Å². The number of carboxylic acid groups (broad SMARTS) is 1. The second kappa shape index (κ2) is 4.76. The van der Waals surface area contributed by atoms with Crippen molar-refractivity contribution in [1.82, 2.24) is 10.3 Å². The van der Waals surface area contributed by atoms with Gasteiger partial charge in [-0.15, -0.1) is 0 Å². The number of carbonyl (C=O) groups is 2. The molecule has 2 rings (SSSR count). The molecule has 1 aromatic carbocycles. The highest BCUT2D eigenvalue weighted by Gasteiger charge is 2.17. The number of hydrogen-bond donors (Lipinski definition) is 3. The normalized spacial score (nSPS) is 12.4. The molecule has 0 radical (unpaired) electrons. The molecule has 2 aromatic rings. The van der Waals surface area contributed by atoms with Crippen molar-refractivity contribution in [3.05, 3.63) is 35.0 Å². The van der Waals surface area contributed by atoms with Crippen LogP contribution in [0.5, 0.6) is 0 Å². The number of aromatic amines is 1. The van der Waals surface area contributed by atoms with Crippen molar-refractivity contribution in [1.29, 1.82) is 0 Å². The Labute approximate surface area is 110 Å². The number of hydrogen-bond acceptors (Lipinski definition) is 2. The lowest BCUT2D eigenvalue weighted by molar-refractivity contribution is -0.138. The first-order valence-electron chi connectivity index (χ1n) is 6.02. The molecule has 0 aliphatic heterocycles. The van der Waals surface area contributed by atoms with E-state index in [1.54, 1.807) is 6.07 Å². The molecule has 3 N–H and O–H groups in total. The minimum absolute atomic E-state index is 0.372. The second-order valence-electron chi connectivity index (χ2n) is 4.69. The van der Waals surface area contributed by atoms with Crippen molar-refractivity contribution < 1.29 is 14.7 Å². The zero-order valence-corrected chi connectivity index (χ0v) is 11.1. The molecule has 0 fully saturated rings. The summed E-state index contributed by atoms with van der Waals surface area (Å²) in [5, 5.41) is 12.2. The Morgan fingerprint density at radius 1 is 1.32 bits per heavy atom. The van der Waals surface area contributed by atoms with Gasteiger partial charge >= 0.3 is 5.97 Å². The Balaban J connectivity index is 2.34. The van der Waals surface area contributed by atoms with Crippen LogP contribution in [0.4, 0.5) is 0 Å². The number of carbonyl (C=O) groups excluding carboxylic acids is 1. The molecular formula is C14H16N2O3. The minimum atomic E-state index is -1.06. The number of amides is 1. The third-order valence-electron chi connectivity index (χ3n) is 3.31. The molecule has 1 unspecified atom stereocenters. The van der Waals surface area contributed by atoms with Crippen LogP contribution in [0.15, 0.2) is 18.2 Å². The van der Waals surface area contributed by atoms with Crippen LogP contribution in [0.2, 0.25) is 0 Å². The molecule has 1 aromatic heterocycles. The molecule has 19 heavy (non-hydrogen) atoms. The van der Waals surface area contributed by atoms with Gasteiger partial charge in [0.25, 0.3) is 5.91 Å². The fourth-order valence-electron chi connectivity index (χ4n) is 1.92. The van der Waals surface area contributed by atoms with E-state index in [1.165, 1.54) is 6.92 Å². The Morgan fingerprint density at radius 2 is 2.00 bits per heavy atom. The van der Waals surface area contributed by atoms with Crippen LogP contribution in [-0.2, 0) is 4.79 Å². The van der Waals surface area contributed by atoms with Crippen molar-refractivity contribution in [3.8, 4) is 0 Å². The Hall–Kier alpha value is -2.30. The number of carboxylic acids is 1. The highest BCUT2D eigenvalue weighted by molar-refractivity contribution is 6.00. The predicted octanol–water partition coefficient (Wildman–Crippen LogP) is 1.99. The van der Waals surface area contributed by atoms with Gasteiger partial charge in [-0.25, -0.2) is 0 Å². The molecule has 0 bridgehead atoms. The number of aryl methyl sites for hydroxylation is 2. The molecule has 0 spiro atoms. The van der Waals surface area contributed by atoms with E-state index in [9.17, 15) is 9.59 Å². The molecule has 0 saturated heterocycles. The van der Waals surface area contributed by atoms with Gasteiger partial charge in [0.15, 0.2) is 0 Å². The van der Waals surface area contributed by atoms with Crippen molar-refractivity contribution in [2.45, 2.75) is 26.8 Å². The molecule has 5 heteroatoms. The molecule has 1 atom stereocenters. The van der Waals surface area contributed by atoms with E-state index in [2.05, 4.69) is 10.3 Å². The summed E-state index contributed by atoms with van der Waals surface area (Å²) in [7, 11) is 0. The van der Waals surface area contributed by atoms with Gasteiger partial charge in [0.05, 0.1) is 0 Å². The van der Waals surface area contributed by atoms with E-state index in [0.29, 0.717) is 5.69 Å². The van der Waals surface area contributed by atoms with Gasteiger partial charge in [-0.3, -0.25) is 9.59 Å². The van der Waals surface area contributed by atoms with Crippen LogP contribution >= 0.6 is 0 Å². The van der Waals surface area contributed by atoms with E-state index in [-0.39, 0.29) is 0 Å². The molecule has 5 nitrogen and oxygen atoms in total. The van der Waals surface area contributed by atoms with Crippen molar-refractivity contribution in [3.63, 3.8) is 0 Å². The third kappa shape index (κ3) is 2.45. The van der Waals surface area contributed by atoms with Gasteiger partial charge in [-0.2, -0.15) is 0 Å². The Kier molecular flexibility index (Phi) is 3.29. The van der Waals surface area contributed by atoms with E-state index < -0.39 is 17.9 Å². The molecule has 0 aliphatic carbocycles. The van der Waals surface area contributed by atoms with E-state index in [4.69, 9.17) is 5.11 Å².